The molecule has 1 heterocycles. The lowest BCUT2D eigenvalue weighted by Gasteiger charge is -2.20. The van der Waals surface area contributed by atoms with E-state index < -0.39 is 0 Å². The smallest absolute Gasteiger partial charge is 0.195 e. The van der Waals surface area contributed by atoms with E-state index in [1.165, 1.54) is 87.2 Å². The summed E-state index contributed by atoms with van der Waals surface area (Å²) in [4.78, 5) is 3.99. The first-order chi connectivity index (χ1) is 28.3. The normalized spacial score (nSPS) is 11.8. The molecule has 0 aliphatic heterocycles. The van der Waals surface area contributed by atoms with Crippen molar-refractivity contribution in [2.45, 2.75) is 0 Å². The van der Waals surface area contributed by atoms with Crippen LogP contribution in [0.15, 0.2) is 194 Å². The second kappa shape index (κ2) is 12.1. The summed E-state index contributed by atoms with van der Waals surface area (Å²) in [6.07, 6.45) is 0. The molecule has 57 heavy (non-hydrogen) atoms. The van der Waals surface area contributed by atoms with Crippen LogP contribution in [0.2, 0.25) is 0 Å². The largest absolute Gasteiger partial charge is 0.309 e. The summed E-state index contributed by atoms with van der Waals surface area (Å²) in [5, 5.41) is 14.3. The molecule has 0 saturated carbocycles. The third kappa shape index (κ3) is 4.46. The van der Waals surface area contributed by atoms with Crippen molar-refractivity contribution in [3.63, 3.8) is 0 Å². The number of fused-ring (bicyclic) bond motifs is 4. The number of benzene rings is 11. The minimum absolute atomic E-state index is 0.678. The van der Waals surface area contributed by atoms with Gasteiger partial charge in [-0.2, -0.15) is 0 Å². The Balaban J connectivity index is 1.19. The molecule has 0 radical (unpaired) electrons. The molecular weight excluding hydrogens is 689 g/mol. The van der Waals surface area contributed by atoms with Crippen LogP contribution in [0, 0.1) is 6.57 Å². The van der Waals surface area contributed by atoms with Crippen LogP contribution >= 0.6 is 0 Å². The average Bonchev–Trinajstić information content (AvgIpc) is 3.62. The standard InChI is InChI=1S/C55H32N2/c1-56-48-31-33-51-55-47(48)29-28-46-45(30-32-50(54(46)55)57(51)49-25-13-17-35-16-5-6-18-37(35)49)53-42-23-11-9-21-40(42)52(41-22-10-12-24-43(41)53)44-27-26-36(34-14-3-2-4-15-34)38-19-7-8-20-39(38)44/h2-33H. The van der Waals surface area contributed by atoms with E-state index in [1.807, 2.05) is 6.07 Å². The van der Waals surface area contributed by atoms with E-state index in [9.17, 15) is 0 Å². The molecule has 0 saturated heterocycles. The predicted molar refractivity (Wildman–Crippen MR) is 242 cm³/mol. The maximum atomic E-state index is 8.11. The number of nitrogens with zero attached hydrogens (tertiary/aromatic N) is 2. The molecule has 2 nitrogen and oxygen atoms in total. The maximum Gasteiger partial charge on any atom is 0.195 e. The zero-order chi connectivity index (χ0) is 37.6. The molecule has 2 heteroatoms. The Bertz CT molecular complexity index is 3580. The number of hydrogen-bond donors (Lipinski definition) is 0. The highest BCUT2D eigenvalue weighted by Gasteiger charge is 2.24. The highest BCUT2D eigenvalue weighted by molar-refractivity contribution is 6.32. The first-order valence-electron chi connectivity index (χ1n) is 19.5. The summed E-state index contributed by atoms with van der Waals surface area (Å²) >= 11 is 0. The topological polar surface area (TPSA) is 9.29 Å². The van der Waals surface area contributed by atoms with Gasteiger partial charge in [-0.1, -0.05) is 176 Å². The van der Waals surface area contributed by atoms with Crippen molar-refractivity contribution in [1.82, 2.24) is 4.57 Å². The van der Waals surface area contributed by atoms with Gasteiger partial charge >= 0.3 is 0 Å². The van der Waals surface area contributed by atoms with Crippen LogP contribution in [-0.4, -0.2) is 4.57 Å². The van der Waals surface area contributed by atoms with Crippen molar-refractivity contribution in [2.24, 2.45) is 0 Å². The van der Waals surface area contributed by atoms with E-state index in [4.69, 9.17) is 6.57 Å². The first-order valence-corrected chi connectivity index (χ1v) is 19.5. The van der Waals surface area contributed by atoms with Crippen LogP contribution in [0.4, 0.5) is 5.69 Å². The van der Waals surface area contributed by atoms with E-state index in [-0.39, 0.29) is 0 Å². The van der Waals surface area contributed by atoms with Gasteiger partial charge in [-0.3, -0.25) is 0 Å². The molecule has 262 valence electrons. The Kier molecular flexibility index (Phi) is 6.73. The monoisotopic (exact) mass is 720 g/mol. The van der Waals surface area contributed by atoms with Gasteiger partial charge in [-0.05, 0) is 100 Å². The van der Waals surface area contributed by atoms with Crippen LogP contribution < -0.4 is 0 Å². The van der Waals surface area contributed by atoms with Gasteiger partial charge in [0.15, 0.2) is 5.69 Å². The van der Waals surface area contributed by atoms with Gasteiger partial charge in [0.1, 0.15) is 0 Å². The SMILES string of the molecule is [C-]#[N+]c1ccc2c3c1ccc1c(-c4c5ccccc5c(-c5ccc(-c6ccccc6)c6ccccc56)c5ccccc45)ccc(c13)n2-c1cccc2ccccc12. The zero-order valence-corrected chi connectivity index (χ0v) is 30.9. The fraction of sp³-hybridized carbons (Fsp3) is 0. The summed E-state index contributed by atoms with van der Waals surface area (Å²) in [6, 6.07) is 70.4. The molecule has 0 unspecified atom stereocenters. The lowest BCUT2D eigenvalue weighted by Crippen LogP contribution is -1.95. The van der Waals surface area contributed by atoms with Crippen LogP contribution in [0.5, 0.6) is 0 Å². The van der Waals surface area contributed by atoms with Crippen molar-refractivity contribution in [2.75, 3.05) is 0 Å². The molecule has 12 rings (SSSR count). The second-order valence-corrected chi connectivity index (χ2v) is 15.0. The molecule has 0 amide bonds. The van der Waals surface area contributed by atoms with Crippen LogP contribution in [0.3, 0.4) is 0 Å². The molecular formula is C55H32N2. The predicted octanol–water partition coefficient (Wildman–Crippen LogP) is 15.5. The molecule has 0 bridgehead atoms. The maximum absolute atomic E-state index is 8.11. The van der Waals surface area contributed by atoms with E-state index in [2.05, 4.69) is 197 Å². The Morgan fingerprint density at radius 2 is 0.807 bits per heavy atom. The summed E-state index contributed by atoms with van der Waals surface area (Å²) in [5.74, 6) is 0. The van der Waals surface area contributed by atoms with Crippen molar-refractivity contribution in [3.8, 4) is 39.1 Å². The highest BCUT2D eigenvalue weighted by Crippen LogP contribution is 2.50. The molecule has 11 aromatic carbocycles. The third-order valence-corrected chi connectivity index (χ3v) is 12.2. The van der Waals surface area contributed by atoms with E-state index in [0.717, 1.165) is 27.5 Å². The van der Waals surface area contributed by atoms with Gasteiger partial charge in [0, 0.05) is 16.2 Å². The van der Waals surface area contributed by atoms with Gasteiger partial charge in [0.05, 0.1) is 23.3 Å². The average molecular weight is 721 g/mol. The number of hydrogen-bond acceptors (Lipinski definition) is 0. The second-order valence-electron chi connectivity index (χ2n) is 15.0. The lowest BCUT2D eigenvalue weighted by atomic mass is 9.82. The van der Waals surface area contributed by atoms with Crippen molar-refractivity contribution >= 4 is 81.4 Å². The summed E-state index contributed by atoms with van der Waals surface area (Å²) in [6.45, 7) is 8.11. The van der Waals surface area contributed by atoms with Gasteiger partial charge in [-0.25, -0.2) is 4.85 Å². The lowest BCUT2D eigenvalue weighted by molar-refractivity contribution is 1.20. The fourth-order valence-corrected chi connectivity index (χ4v) is 9.82. The third-order valence-electron chi connectivity index (χ3n) is 12.2. The minimum Gasteiger partial charge on any atom is -0.309 e. The van der Waals surface area contributed by atoms with Gasteiger partial charge in [0.25, 0.3) is 0 Å². The molecule has 0 atom stereocenters. The molecule has 12 aromatic rings. The highest BCUT2D eigenvalue weighted by atomic mass is 15.0. The Hall–Kier alpha value is -7.73. The Labute approximate surface area is 329 Å². The van der Waals surface area contributed by atoms with Crippen LogP contribution in [-0.2, 0) is 0 Å². The van der Waals surface area contributed by atoms with E-state index >= 15 is 0 Å². The fourth-order valence-electron chi connectivity index (χ4n) is 9.82. The van der Waals surface area contributed by atoms with Gasteiger partial charge < -0.3 is 4.57 Å². The van der Waals surface area contributed by atoms with E-state index in [1.54, 1.807) is 0 Å². The van der Waals surface area contributed by atoms with Crippen molar-refractivity contribution < 1.29 is 0 Å². The summed E-state index contributed by atoms with van der Waals surface area (Å²) in [7, 11) is 0. The minimum atomic E-state index is 0.678. The first kappa shape index (κ1) is 31.6. The summed E-state index contributed by atoms with van der Waals surface area (Å²) < 4.78 is 2.41. The van der Waals surface area contributed by atoms with Crippen LogP contribution in [0.25, 0.3) is 120 Å². The van der Waals surface area contributed by atoms with E-state index in [0.29, 0.717) is 5.69 Å². The number of aromatic nitrogens is 1. The summed E-state index contributed by atoms with van der Waals surface area (Å²) in [5.41, 5.74) is 11.4. The van der Waals surface area contributed by atoms with Crippen molar-refractivity contribution in [1.29, 1.82) is 0 Å². The van der Waals surface area contributed by atoms with Crippen LogP contribution in [0.1, 0.15) is 0 Å². The zero-order valence-electron chi connectivity index (χ0n) is 30.9. The molecule has 0 aliphatic carbocycles. The molecule has 0 fully saturated rings. The Morgan fingerprint density at radius 1 is 0.333 bits per heavy atom. The molecule has 0 N–H and O–H groups in total. The quantitative estimate of drug-likeness (QED) is 0.0973. The molecule has 0 aliphatic rings. The van der Waals surface area contributed by atoms with Crippen molar-refractivity contribution in [3.05, 3.63) is 206 Å². The number of rotatable bonds is 4. The molecule has 1 aromatic heterocycles. The Morgan fingerprint density at radius 3 is 1.47 bits per heavy atom. The van der Waals surface area contributed by atoms with Gasteiger partial charge in [0.2, 0.25) is 0 Å². The van der Waals surface area contributed by atoms with Gasteiger partial charge in [-0.15, -0.1) is 0 Å². The molecule has 0 spiro atoms.